The van der Waals surface area contributed by atoms with Gasteiger partial charge in [-0.1, -0.05) is 43.3 Å². The van der Waals surface area contributed by atoms with Crippen LogP contribution in [0, 0.1) is 0 Å². The summed E-state index contributed by atoms with van der Waals surface area (Å²) in [5.41, 5.74) is 2.54. The summed E-state index contributed by atoms with van der Waals surface area (Å²) in [5, 5.41) is 9.29. The van der Waals surface area contributed by atoms with Gasteiger partial charge in [0.1, 0.15) is 11.5 Å². The number of fused-ring (bicyclic) bond motifs is 3. The third-order valence-electron chi connectivity index (χ3n) is 5.29. The van der Waals surface area contributed by atoms with Gasteiger partial charge in [-0.15, -0.1) is 10.2 Å². The zero-order chi connectivity index (χ0) is 23.4. The fourth-order valence-corrected chi connectivity index (χ4v) is 4.51. The summed E-state index contributed by atoms with van der Waals surface area (Å²) in [6.07, 6.45) is 1.32. The molecule has 1 aliphatic heterocycles. The quantitative estimate of drug-likeness (QED) is 0.359. The standard InChI is InChI=1S/C24H26N4O4S/c1-5-6-13-33-24-25-22-21(26-27-24)17-9-7-8-10-19(17)28(15(2)29)23(32-22)18-12-11-16(30-3)14-20(18)31-4/h7-12,14,23H,5-6,13H2,1-4H3/t23-/m1/s1. The predicted molar refractivity (Wildman–Crippen MR) is 127 cm³/mol. The van der Waals surface area contributed by atoms with E-state index < -0.39 is 6.23 Å². The minimum atomic E-state index is -0.823. The monoisotopic (exact) mass is 466 g/mol. The molecule has 0 radical (unpaired) electrons. The molecule has 1 atom stereocenters. The van der Waals surface area contributed by atoms with E-state index in [9.17, 15) is 4.79 Å². The summed E-state index contributed by atoms with van der Waals surface area (Å²) in [7, 11) is 3.16. The largest absolute Gasteiger partial charge is 0.497 e. The molecule has 1 aliphatic rings. The van der Waals surface area contributed by atoms with Gasteiger partial charge in [0.15, 0.2) is 5.69 Å². The van der Waals surface area contributed by atoms with Crippen molar-refractivity contribution < 1.29 is 19.0 Å². The Morgan fingerprint density at radius 2 is 1.97 bits per heavy atom. The van der Waals surface area contributed by atoms with Crippen molar-refractivity contribution in [1.29, 1.82) is 0 Å². The fourth-order valence-electron chi connectivity index (χ4n) is 3.65. The van der Waals surface area contributed by atoms with Crippen LogP contribution in [0.1, 0.15) is 38.5 Å². The molecule has 0 bridgehead atoms. The Bertz CT molecular complexity index is 1160. The third-order valence-corrected chi connectivity index (χ3v) is 6.21. The highest BCUT2D eigenvalue weighted by Gasteiger charge is 2.36. The van der Waals surface area contributed by atoms with E-state index in [1.54, 1.807) is 25.2 Å². The van der Waals surface area contributed by atoms with Crippen molar-refractivity contribution in [1.82, 2.24) is 15.2 Å². The highest BCUT2D eigenvalue weighted by Crippen LogP contribution is 2.45. The van der Waals surface area contributed by atoms with Crippen LogP contribution >= 0.6 is 11.8 Å². The first-order valence-corrected chi connectivity index (χ1v) is 11.7. The van der Waals surface area contributed by atoms with Crippen molar-refractivity contribution >= 4 is 23.4 Å². The van der Waals surface area contributed by atoms with Crippen LogP contribution in [0.25, 0.3) is 11.3 Å². The number of methoxy groups -OCH3 is 2. The number of thioether (sulfide) groups is 1. The second-order valence-electron chi connectivity index (χ2n) is 7.43. The second-order valence-corrected chi connectivity index (χ2v) is 8.50. The number of anilines is 1. The maximum atomic E-state index is 12.9. The van der Waals surface area contributed by atoms with Gasteiger partial charge in [-0.05, 0) is 24.6 Å². The molecule has 2 aromatic carbocycles. The lowest BCUT2D eigenvalue weighted by Crippen LogP contribution is -2.36. The van der Waals surface area contributed by atoms with E-state index in [4.69, 9.17) is 14.2 Å². The zero-order valence-corrected chi connectivity index (χ0v) is 19.9. The molecule has 0 unspecified atom stereocenters. The van der Waals surface area contributed by atoms with Gasteiger partial charge in [-0.2, -0.15) is 4.98 Å². The maximum Gasteiger partial charge on any atom is 0.247 e. The van der Waals surface area contributed by atoms with Crippen molar-refractivity contribution in [3.8, 4) is 28.6 Å². The van der Waals surface area contributed by atoms with Crippen LogP contribution in [0.5, 0.6) is 17.4 Å². The van der Waals surface area contributed by atoms with E-state index in [0.29, 0.717) is 39.5 Å². The van der Waals surface area contributed by atoms with E-state index in [1.165, 1.54) is 18.7 Å². The van der Waals surface area contributed by atoms with E-state index in [0.717, 1.165) is 24.2 Å². The van der Waals surface area contributed by atoms with Gasteiger partial charge in [0.2, 0.25) is 23.2 Å². The summed E-state index contributed by atoms with van der Waals surface area (Å²) in [4.78, 5) is 19.2. The number of carbonyl (C=O) groups excluding carboxylic acids is 1. The number of para-hydroxylation sites is 1. The van der Waals surface area contributed by atoms with Gasteiger partial charge in [-0.3, -0.25) is 9.69 Å². The van der Waals surface area contributed by atoms with Gasteiger partial charge in [0, 0.05) is 24.3 Å². The number of ether oxygens (including phenoxy) is 3. The second kappa shape index (κ2) is 10.1. The van der Waals surface area contributed by atoms with Crippen LogP contribution in [0.2, 0.25) is 0 Å². The van der Waals surface area contributed by atoms with Crippen molar-refractivity contribution in [2.24, 2.45) is 0 Å². The van der Waals surface area contributed by atoms with Crippen LogP contribution in [0.4, 0.5) is 5.69 Å². The van der Waals surface area contributed by atoms with Crippen LogP contribution in [0.15, 0.2) is 47.6 Å². The Morgan fingerprint density at radius 1 is 1.15 bits per heavy atom. The summed E-state index contributed by atoms with van der Waals surface area (Å²) in [6.45, 7) is 3.64. The Hall–Kier alpha value is -3.33. The fraction of sp³-hybridized carbons (Fsp3) is 0.333. The summed E-state index contributed by atoms with van der Waals surface area (Å²) >= 11 is 1.54. The Kier molecular flexibility index (Phi) is 6.98. The van der Waals surface area contributed by atoms with Crippen molar-refractivity contribution in [2.45, 2.75) is 38.1 Å². The number of unbranched alkanes of at least 4 members (excludes halogenated alkanes) is 1. The van der Waals surface area contributed by atoms with Crippen LogP contribution in [-0.2, 0) is 4.79 Å². The first kappa shape index (κ1) is 22.8. The molecule has 1 aromatic heterocycles. The summed E-state index contributed by atoms with van der Waals surface area (Å²) < 4.78 is 17.4. The molecule has 3 aromatic rings. The molecule has 4 rings (SSSR count). The topological polar surface area (TPSA) is 86.7 Å². The highest BCUT2D eigenvalue weighted by molar-refractivity contribution is 7.99. The molecule has 2 heterocycles. The molecule has 33 heavy (non-hydrogen) atoms. The van der Waals surface area contributed by atoms with Gasteiger partial charge in [-0.25, -0.2) is 0 Å². The average molecular weight is 467 g/mol. The lowest BCUT2D eigenvalue weighted by atomic mass is 10.1. The molecule has 0 saturated carbocycles. The zero-order valence-electron chi connectivity index (χ0n) is 19.1. The molecule has 172 valence electrons. The van der Waals surface area contributed by atoms with Crippen LogP contribution in [-0.4, -0.2) is 41.1 Å². The predicted octanol–water partition coefficient (Wildman–Crippen LogP) is 4.89. The highest BCUT2D eigenvalue weighted by atomic mass is 32.2. The van der Waals surface area contributed by atoms with E-state index >= 15 is 0 Å². The van der Waals surface area contributed by atoms with Gasteiger partial charge in [0.25, 0.3) is 0 Å². The SMILES string of the molecule is CCCCSc1nnc2c(n1)O[C@H](c1ccc(OC)cc1OC)N(C(C)=O)c1ccccc1-2. The number of hydrogen-bond acceptors (Lipinski definition) is 8. The number of carbonyl (C=O) groups is 1. The van der Waals surface area contributed by atoms with Gasteiger partial charge in [0.05, 0.1) is 25.5 Å². The lowest BCUT2D eigenvalue weighted by molar-refractivity contribution is -0.118. The molecule has 9 heteroatoms. The molecule has 8 nitrogen and oxygen atoms in total. The summed E-state index contributed by atoms with van der Waals surface area (Å²) in [6, 6.07) is 12.9. The van der Waals surface area contributed by atoms with Crippen molar-refractivity contribution in [2.75, 3.05) is 24.9 Å². The Labute approximate surface area is 197 Å². The minimum Gasteiger partial charge on any atom is -0.497 e. The molecule has 0 saturated heterocycles. The van der Waals surface area contributed by atoms with Crippen molar-refractivity contribution in [3.05, 3.63) is 48.0 Å². The van der Waals surface area contributed by atoms with Crippen molar-refractivity contribution in [3.63, 3.8) is 0 Å². The molecule has 0 aliphatic carbocycles. The normalized spacial score (nSPS) is 14.5. The first-order valence-electron chi connectivity index (χ1n) is 10.7. The van der Waals surface area contributed by atoms with E-state index in [-0.39, 0.29) is 5.91 Å². The van der Waals surface area contributed by atoms with E-state index in [2.05, 4.69) is 22.1 Å². The first-order chi connectivity index (χ1) is 16.1. The molecular formula is C24H26N4O4S. The Morgan fingerprint density at radius 3 is 2.70 bits per heavy atom. The minimum absolute atomic E-state index is 0.191. The smallest absolute Gasteiger partial charge is 0.247 e. The molecule has 1 amide bonds. The summed E-state index contributed by atoms with van der Waals surface area (Å²) in [5.74, 6) is 2.19. The molecule has 0 fully saturated rings. The molecule has 0 N–H and O–H groups in total. The average Bonchev–Trinajstić information content (AvgIpc) is 2.98. The van der Waals surface area contributed by atoms with Gasteiger partial charge >= 0.3 is 0 Å². The number of rotatable bonds is 7. The number of nitrogens with zero attached hydrogens (tertiary/aromatic N) is 4. The van der Waals surface area contributed by atoms with Gasteiger partial charge < -0.3 is 14.2 Å². The van der Waals surface area contributed by atoms with Crippen LogP contribution < -0.4 is 19.1 Å². The molecular weight excluding hydrogens is 440 g/mol. The third kappa shape index (κ3) is 4.59. The Balaban J connectivity index is 1.88. The molecule has 0 spiro atoms. The maximum absolute atomic E-state index is 12.9. The lowest BCUT2D eigenvalue weighted by Gasteiger charge is -2.30. The number of amides is 1. The number of hydrogen-bond donors (Lipinski definition) is 0. The number of benzene rings is 2. The number of aromatic nitrogens is 3. The van der Waals surface area contributed by atoms with Crippen LogP contribution in [0.3, 0.4) is 0 Å². The van der Waals surface area contributed by atoms with E-state index in [1.807, 2.05) is 36.4 Å².